The average Bonchev–Trinajstić information content (AvgIpc) is 3.03. The topological polar surface area (TPSA) is 99.2 Å². The molecule has 3 aliphatic rings. The van der Waals surface area contributed by atoms with Gasteiger partial charge in [-0.05, 0) is 48.9 Å². The molecule has 4 rings (SSSR count). The van der Waals surface area contributed by atoms with Gasteiger partial charge in [0.2, 0.25) is 11.8 Å². The van der Waals surface area contributed by atoms with Crippen molar-refractivity contribution in [3.05, 3.63) is 34.9 Å². The third kappa shape index (κ3) is 3.38. The first kappa shape index (κ1) is 18.9. The van der Waals surface area contributed by atoms with Crippen LogP contribution in [0.1, 0.15) is 34.3 Å². The van der Waals surface area contributed by atoms with E-state index >= 15 is 0 Å². The predicted molar refractivity (Wildman–Crippen MR) is 98.7 cm³/mol. The number of morpholine rings is 1. The summed E-state index contributed by atoms with van der Waals surface area (Å²) in [4.78, 5) is 40.8. The van der Waals surface area contributed by atoms with Crippen LogP contribution >= 0.6 is 0 Å². The van der Waals surface area contributed by atoms with E-state index in [-0.39, 0.29) is 18.4 Å². The number of hydroxylamine groups is 1. The lowest BCUT2D eigenvalue weighted by Gasteiger charge is -2.34. The molecular formula is C20H25N3O5. The van der Waals surface area contributed by atoms with Crippen LogP contribution in [0.2, 0.25) is 0 Å². The van der Waals surface area contributed by atoms with Crippen LogP contribution in [0.25, 0.3) is 0 Å². The Labute approximate surface area is 163 Å². The van der Waals surface area contributed by atoms with E-state index in [4.69, 9.17) is 9.94 Å². The first-order valence-corrected chi connectivity index (χ1v) is 9.73. The van der Waals surface area contributed by atoms with Crippen molar-refractivity contribution < 1.29 is 24.3 Å². The van der Waals surface area contributed by atoms with Crippen LogP contribution in [0.15, 0.2) is 18.2 Å². The zero-order valence-electron chi connectivity index (χ0n) is 15.8. The Bertz CT molecular complexity index is 805. The van der Waals surface area contributed by atoms with Gasteiger partial charge < -0.3 is 14.5 Å². The smallest absolute Gasteiger partial charge is 0.274 e. The van der Waals surface area contributed by atoms with E-state index < -0.39 is 11.3 Å². The highest BCUT2D eigenvalue weighted by Crippen LogP contribution is 2.43. The van der Waals surface area contributed by atoms with E-state index in [0.29, 0.717) is 57.7 Å². The monoisotopic (exact) mass is 387 g/mol. The van der Waals surface area contributed by atoms with E-state index in [1.54, 1.807) is 27.4 Å². The van der Waals surface area contributed by atoms with Crippen molar-refractivity contribution in [2.24, 2.45) is 5.41 Å². The molecule has 150 valence electrons. The number of amides is 3. The summed E-state index contributed by atoms with van der Waals surface area (Å²) in [6.07, 6.45) is 2.80. The molecule has 28 heavy (non-hydrogen) atoms. The summed E-state index contributed by atoms with van der Waals surface area (Å²) in [5, 5.41) is 8.80. The first-order chi connectivity index (χ1) is 13.5. The van der Waals surface area contributed by atoms with Gasteiger partial charge >= 0.3 is 0 Å². The van der Waals surface area contributed by atoms with Crippen molar-refractivity contribution in [1.82, 2.24) is 15.3 Å². The molecule has 0 saturated carbocycles. The molecule has 3 amide bonds. The zero-order valence-corrected chi connectivity index (χ0v) is 15.8. The zero-order chi connectivity index (χ0) is 19.7. The molecule has 1 atom stereocenters. The highest BCUT2D eigenvalue weighted by molar-refractivity contribution is 5.94. The van der Waals surface area contributed by atoms with Gasteiger partial charge in [0, 0.05) is 25.2 Å². The number of nitrogens with one attached hydrogen (secondary N) is 1. The molecule has 0 unspecified atom stereocenters. The minimum Gasteiger partial charge on any atom is -0.378 e. The third-order valence-corrected chi connectivity index (χ3v) is 6.26. The summed E-state index contributed by atoms with van der Waals surface area (Å²) in [7, 11) is 0. The molecule has 1 aromatic carbocycles. The number of carbonyl (C=O) groups is 3. The number of benzene rings is 1. The maximum Gasteiger partial charge on any atom is 0.274 e. The predicted octanol–water partition coefficient (Wildman–Crippen LogP) is 0.372. The van der Waals surface area contributed by atoms with E-state index in [0.717, 1.165) is 17.5 Å². The summed E-state index contributed by atoms with van der Waals surface area (Å²) < 4.78 is 5.28. The fourth-order valence-electron chi connectivity index (χ4n) is 4.58. The minimum atomic E-state index is -0.534. The van der Waals surface area contributed by atoms with Gasteiger partial charge in [-0.25, -0.2) is 5.48 Å². The van der Waals surface area contributed by atoms with Crippen molar-refractivity contribution in [2.75, 3.05) is 39.4 Å². The molecule has 2 saturated heterocycles. The number of hydrogen-bond acceptors (Lipinski definition) is 5. The van der Waals surface area contributed by atoms with E-state index in [1.807, 2.05) is 6.07 Å². The molecular weight excluding hydrogens is 362 g/mol. The molecule has 8 nitrogen and oxygen atoms in total. The molecule has 1 spiro atoms. The van der Waals surface area contributed by atoms with Crippen molar-refractivity contribution in [3.63, 3.8) is 0 Å². The van der Waals surface area contributed by atoms with Crippen LogP contribution in [0.4, 0.5) is 0 Å². The Kier molecular flexibility index (Phi) is 5.07. The Morgan fingerprint density at radius 2 is 1.93 bits per heavy atom. The Balaban J connectivity index is 1.44. The van der Waals surface area contributed by atoms with Gasteiger partial charge in [-0.2, -0.15) is 0 Å². The summed E-state index contributed by atoms with van der Waals surface area (Å²) in [5.74, 6) is -0.477. The summed E-state index contributed by atoms with van der Waals surface area (Å²) in [6.45, 7) is 3.03. The van der Waals surface area contributed by atoms with Gasteiger partial charge in [0.05, 0.1) is 25.2 Å². The number of carbonyl (C=O) groups excluding carboxylic acids is 3. The summed E-state index contributed by atoms with van der Waals surface area (Å²) >= 11 is 0. The lowest BCUT2D eigenvalue weighted by atomic mass is 9.70. The molecule has 2 fully saturated rings. The first-order valence-electron chi connectivity index (χ1n) is 9.73. The Hall–Kier alpha value is -2.45. The van der Waals surface area contributed by atoms with Crippen molar-refractivity contribution in [1.29, 1.82) is 0 Å². The molecule has 1 aromatic rings. The van der Waals surface area contributed by atoms with Gasteiger partial charge in [-0.15, -0.1) is 0 Å². The quantitative estimate of drug-likeness (QED) is 0.577. The molecule has 0 aromatic heterocycles. The number of likely N-dealkylation sites (tertiary alicyclic amines) is 1. The molecule has 2 aliphatic heterocycles. The van der Waals surface area contributed by atoms with Crippen LogP contribution in [0.5, 0.6) is 0 Å². The van der Waals surface area contributed by atoms with E-state index in [9.17, 15) is 14.4 Å². The molecule has 8 heteroatoms. The highest BCUT2D eigenvalue weighted by Gasteiger charge is 2.48. The number of hydrogen-bond donors (Lipinski definition) is 2. The molecule has 2 N–H and O–H groups in total. The number of fused-ring (bicyclic) bond motifs is 1. The van der Waals surface area contributed by atoms with E-state index in [2.05, 4.69) is 0 Å². The van der Waals surface area contributed by atoms with Gasteiger partial charge in [0.1, 0.15) is 0 Å². The Morgan fingerprint density at radius 3 is 2.68 bits per heavy atom. The number of nitrogens with zero attached hydrogens (tertiary/aromatic N) is 2. The minimum absolute atomic E-state index is 0.00966. The van der Waals surface area contributed by atoms with Crippen molar-refractivity contribution >= 4 is 17.7 Å². The second-order valence-electron chi connectivity index (χ2n) is 7.85. The summed E-state index contributed by atoms with van der Waals surface area (Å²) in [5.41, 5.74) is 3.72. The maximum atomic E-state index is 13.2. The number of ether oxygens (including phenoxy) is 1. The van der Waals surface area contributed by atoms with Crippen LogP contribution in [-0.4, -0.2) is 72.1 Å². The van der Waals surface area contributed by atoms with Crippen molar-refractivity contribution in [2.45, 2.75) is 25.7 Å². The molecule has 2 heterocycles. The van der Waals surface area contributed by atoms with Gasteiger partial charge in [0.15, 0.2) is 0 Å². The fourth-order valence-corrected chi connectivity index (χ4v) is 4.58. The van der Waals surface area contributed by atoms with Gasteiger partial charge in [0.25, 0.3) is 5.91 Å². The molecule has 1 aliphatic carbocycles. The second kappa shape index (κ2) is 7.52. The lowest BCUT2D eigenvalue weighted by Crippen LogP contribution is -2.47. The van der Waals surface area contributed by atoms with E-state index in [1.165, 1.54) is 0 Å². The van der Waals surface area contributed by atoms with Gasteiger partial charge in [-0.3, -0.25) is 19.6 Å². The average molecular weight is 387 g/mol. The van der Waals surface area contributed by atoms with Crippen LogP contribution in [-0.2, 0) is 27.2 Å². The largest absolute Gasteiger partial charge is 0.378 e. The highest BCUT2D eigenvalue weighted by atomic mass is 16.5. The fraction of sp³-hybridized carbons (Fsp3) is 0.550. The summed E-state index contributed by atoms with van der Waals surface area (Å²) in [6, 6.07) is 5.32. The normalized spacial score (nSPS) is 24.4. The van der Waals surface area contributed by atoms with Gasteiger partial charge in [-0.1, -0.05) is 6.07 Å². The van der Waals surface area contributed by atoms with Crippen LogP contribution < -0.4 is 5.48 Å². The second-order valence-corrected chi connectivity index (χ2v) is 7.85. The molecule has 0 radical (unpaired) electrons. The van der Waals surface area contributed by atoms with Crippen LogP contribution in [0.3, 0.4) is 0 Å². The third-order valence-electron chi connectivity index (χ3n) is 6.26. The van der Waals surface area contributed by atoms with Crippen LogP contribution in [0, 0.1) is 5.41 Å². The van der Waals surface area contributed by atoms with Crippen molar-refractivity contribution in [3.8, 4) is 0 Å². The number of rotatable bonds is 3. The molecule has 0 bridgehead atoms. The Morgan fingerprint density at radius 1 is 1.14 bits per heavy atom. The SMILES string of the molecule is O=C(NO)c1ccc2c(c1)CC[C@@]1(CCN(CC(=O)N3CCOCC3)C1=O)C2. The maximum absolute atomic E-state index is 13.2. The standard InChI is InChI=1S/C20H25N3O5/c24-17(22-7-9-28-10-8-22)13-23-6-5-20(19(23)26)4-3-14-11-15(18(25)21-27)1-2-16(14)12-20/h1-2,11,27H,3-10,12-13H2,(H,21,25)/t20-/m1/s1. The lowest BCUT2D eigenvalue weighted by molar-refractivity contribution is -0.144. The number of aryl methyl sites for hydroxylation is 1.